The highest BCUT2D eigenvalue weighted by atomic mass is 16.5. The van der Waals surface area contributed by atoms with Gasteiger partial charge in [-0.15, -0.1) is 0 Å². The third kappa shape index (κ3) is 4.18. The first kappa shape index (κ1) is 17.0. The predicted octanol–water partition coefficient (Wildman–Crippen LogP) is 2.60. The smallest absolute Gasteiger partial charge is 0.191 e. The van der Waals surface area contributed by atoms with Crippen LogP contribution in [0.5, 0.6) is 0 Å². The van der Waals surface area contributed by atoms with Crippen LogP contribution in [0.2, 0.25) is 0 Å². The minimum atomic E-state index is -0.00292. The van der Waals surface area contributed by atoms with Crippen LogP contribution in [-0.4, -0.2) is 50.0 Å². The molecule has 0 amide bonds. The number of nitrogens with zero attached hydrogens (tertiary/aromatic N) is 1. The summed E-state index contributed by atoms with van der Waals surface area (Å²) in [5.74, 6) is 0.899. The molecule has 5 heteroatoms. The van der Waals surface area contributed by atoms with E-state index in [0.29, 0.717) is 18.2 Å². The molecular weight excluding hydrogens is 290 g/mol. The van der Waals surface area contributed by atoms with Crippen LogP contribution in [0.15, 0.2) is 4.99 Å². The molecule has 3 aliphatic rings. The number of aliphatic imine (C=N–C) groups is 1. The van der Waals surface area contributed by atoms with Crippen LogP contribution in [0.3, 0.4) is 0 Å². The fraction of sp³-hybridized carbons (Fsp3) is 0.944. The number of nitrogens with one attached hydrogen (secondary N) is 2. The molecule has 23 heavy (non-hydrogen) atoms. The van der Waals surface area contributed by atoms with Gasteiger partial charge in [0.05, 0.1) is 23.9 Å². The Kier molecular flexibility index (Phi) is 5.81. The molecule has 1 aliphatic carbocycles. The quantitative estimate of drug-likeness (QED) is 0.583. The van der Waals surface area contributed by atoms with Crippen molar-refractivity contribution in [2.24, 2.45) is 4.99 Å². The number of fused-ring (bicyclic) bond motifs is 2. The van der Waals surface area contributed by atoms with Crippen LogP contribution in [0, 0.1) is 0 Å². The maximum atomic E-state index is 6.26. The van der Waals surface area contributed by atoms with Gasteiger partial charge in [0.25, 0.3) is 0 Å². The van der Waals surface area contributed by atoms with Crippen LogP contribution < -0.4 is 10.6 Å². The van der Waals surface area contributed by atoms with Gasteiger partial charge in [0, 0.05) is 20.2 Å². The molecule has 0 aromatic carbocycles. The second kappa shape index (κ2) is 7.84. The first-order valence-corrected chi connectivity index (χ1v) is 9.51. The monoisotopic (exact) mass is 323 g/mol. The van der Waals surface area contributed by atoms with Crippen molar-refractivity contribution in [2.45, 2.75) is 88.6 Å². The Hall–Kier alpha value is -0.810. The van der Waals surface area contributed by atoms with Gasteiger partial charge in [-0.1, -0.05) is 26.2 Å². The van der Waals surface area contributed by atoms with Gasteiger partial charge in [-0.2, -0.15) is 0 Å². The van der Waals surface area contributed by atoms with Crippen molar-refractivity contribution >= 4 is 5.96 Å². The standard InChI is InChI=1S/C18H33N3O2/c1-3-11-22-18(9-5-4-6-10-18)13-20-17(19-2)21-15-12-14-7-8-16(15)23-14/h14-16H,3-13H2,1-2H3,(H2,19,20,21). The number of rotatable bonds is 6. The second-order valence-electron chi connectivity index (χ2n) is 7.38. The minimum absolute atomic E-state index is 0.00292. The summed E-state index contributed by atoms with van der Waals surface area (Å²) in [6, 6.07) is 0.416. The van der Waals surface area contributed by atoms with E-state index in [1.54, 1.807) is 0 Å². The van der Waals surface area contributed by atoms with Crippen LogP contribution in [-0.2, 0) is 9.47 Å². The Morgan fingerprint density at radius 2 is 2.09 bits per heavy atom. The highest BCUT2D eigenvalue weighted by Gasteiger charge is 2.41. The summed E-state index contributed by atoms with van der Waals surface area (Å²) < 4.78 is 12.2. The summed E-state index contributed by atoms with van der Waals surface area (Å²) in [6.07, 6.45) is 11.7. The zero-order chi connectivity index (χ0) is 16.1. The molecule has 1 saturated carbocycles. The van der Waals surface area contributed by atoms with E-state index in [2.05, 4.69) is 22.5 Å². The molecule has 2 saturated heterocycles. The molecular formula is C18H33N3O2. The second-order valence-corrected chi connectivity index (χ2v) is 7.38. The van der Waals surface area contributed by atoms with Crippen LogP contribution in [0.25, 0.3) is 0 Å². The first-order valence-electron chi connectivity index (χ1n) is 9.51. The van der Waals surface area contributed by atoms with Gasteiger partial charge in [-0.3, -0.25) is 4.99 Å². The number of hydrogen-bond acceptors (Lipinski definition) is 3. The Balaban J connectivity index is 1.51. The Labute approximate surface area is 140 Å². The third-order valence-electron chi connectivity index (χ3n) is 5.61. The zero-order valence-corrected chi connectivity index (χ0v) is 14.8. The molecule has 0 aromatic rings. The molecule has 3 fully saturated rings. The summed E-state index contributed by atoms with van der Waals surface area (Å²) >= 11 is 0. The van der Waals surface area contributed by atoms with Gasteiger partial charge in [0.2, 0.25) is 0 Å². The highest BCUT2D eigenvalue weighted by Crippen LogP contribution is 2.34. The molecule has 2 aliphatic heterocycles. The van der Waals surface area contributed by atoms with E-state index in [4.69, 9.17) is 9.47 Å². The first-order chi connectivity index (χ1) is 11.2. The van der Waals surface area contributed by atoms with Crippen molar-refractivity contribution in [2.75, 3.05) is 20.2 Å². The van der Waals surface area contributed by atoms with E-state index < -0.39 is 0 Å². The van der Waals surface area contributed by atoms with Crippen molar-refractivity contribution in [1.82, 2.24) is 10.6 Å². The summed E-state index contributed by atoms with van der Waals surface area (Å²) in [7, 11) is 1.85. The molecule has 0 spiro atoms. The molecule has 2 N–H and O–H groups in total. The maximum Gasteiger partial charge on any atom is 0.191 e. The Morgan fingerprint density at radius 1 is 1.26 bits per heavy atom. The molecule has 2 heterocycles. The minimum Gasteiger partial charge on any atom is -0.373 e. The Bertz CT molecular complexity index is 407. The lowest BCUT2D eigenvalue weighted by molar-refractivity contribution is -0.0657. The van der Waals surface area contributed by atoms with Gasteiger partial charge in [0.15, 0.2) is 5.96 Å². The van der Waals surface area contributed by atoms with E-state index in [1.807, 2.05) is 7.05 Å². The van der Waals surface area contributed by atoms with Gasteiger partial charge < -0.3 is 20.1 Å². The van der Waals surface area contributed by atoms with E-state index in [1.165, 1.54) is 32.1 Å². The van der Waals surface area contributed by atoms with Crippen molar-refractivity contribution in [1.29, 1.82) is 0 Å². The fourth-order valence-corrected chi connectivity index (χ4v) is 4.29. The third-order valence-corrected chi connectivity index (χ3v) is 5.61. The van der Waals surface area contributed by atoms with Crippen LogP contribution in [0.1, 0.15) is 64.7 Å². The van der Waals surface area contributed by atoms with E-state index in [0.717, 1.165) is 44.8 Å². The lowest BCUT2D eigenvalue weighted by atomic mass is 9.84. The summed E-state index contributed by atoms with van der Waals surface area (Å²) in [6.45, 7) is 3.89. The van der Waals surface area contributed by atoms with E-state index >= 15 is 0 Å². The van der Waals surface area contributed by atoms with Gasteiger partial charge >= 0.3 is 0 Å². The number of hydrogen-bond donors (Lipinski definition) is 2. The van der Waals surface area contributed by atoms with Crippen molar-refractivity contribution in [3.05, 3.63) is 0 Å². The summed E-state index contributed by atoms with van der Waals surface area (Å²) in [4.78, 5) is 4.41. The topological polar surface area (TPSA) is 54.9 Å². The predicted molar refractivity (Wildman–Crippen MR) is 92.9 cm³/mol. The lowest BCUT2D eigenvalue weighted by Gasteiger charge is -2.38. The van der Waals surface area contributed by atoms with Crippen LogP contribution in [0.4, 0.5) is 0 Å². The molecule has 3 rings (SSSR count). The SMILES string of the molecule is CCCOC1(CNC(=NC)NC2CC3CCC2O3)CCCCC1. The van der Waals surface area contributed by atoms with E-state index in [9.17, 15) is 0 Å². The van der Waals surface area contributed by atoms with Crippen molar-refractivity contribution < 1.29 is 9.47 Å². The van der Waals surface area contributed by atoms with Gasteiger partial charge in [0.1, 0.15) is 0 Å². The molecule has 2 bridgehead atoms. The molecule has 3 atom stereocenters. The molecule has 0 radical (unpaired) electrons. The fourth-order valence-electron chi connectivity index (χ4n) is 4.29. The number of guanidine groups is 1. The van der Waals surface area contributed by atoms with E-state index in [-0.39, 0.29) is 5.60 Å². The molecule has 0 aromatic heterocycles. The van der Waals surface area contributed by atoms with Crippen molar-refractivity contribution in [3.63, 3.8) is 0 Å². The normalized spacial score (nSPS) is 33.0. The molecule has 3 unspecified atom stereocenters. The Morgan fingerprint density at radius 3 is 2.70 bits per heavy atom. The highest BCUT2D eigenvalue weighted by molar-refractivity contribution is 5.80. The lowest BCUT2D eigenvalue weighted by Crippen LogP contribution is -2.53. The molecule has 132 valence electrons. The summed E-state index contributed by atoms with van der Waals surface area (Å²) in [5, 5.41) is 7.10. The van der Waals surface area contributed by atoms with Gasteiger partial charge in [-0.05, 0) is 38.5 Å². The van der Waals surface area contributed by atoms with Crippen LogP contribution >= 0.6 is 0 Å². The molecule has 5 nitrogen and oxygen atoms in total. The average Bonchev–Trinajstić information content (AvgIpc) is 3.20. The number of ether oxygens (including phenoxy) is 2. The summed E-state index contributed by atoms with van der Waals surface area (Å²) in [5.41, 5.74) is -0.00292. The van der Waals surface area contributed by atoms with Gasteiger partial charge in [-0.25, -0.2) is 0 Å². The maximum absolute atomic E-state index is 6.26. The van der Waals surface area contributed by atoms with Crippen molar-refractivity contribution in [3.8, 4) is 0 Å². The average molecular weight is 323 g/mol. The zero-order valence-electron chi connectivity index (χ0n) is 14.8. The largest absolute Gasteiger partial charge is 0.373 e.